The second-order valence-electron chi connectivity index (χ2n) is 7.70. The molecule has 35 heavy (non-hydrogen) atoms. The summed E-state index contributed by atoms with van der Waals surface area (Å²) in [5.41, 5.74) is 1.19. The molecule has 1 saturated heterocycles. The summed E-state index contributed by atoms with van der Waals surface area (Å²) >= 11 is 4.28. The normalized spacial score (nSPS) is 14.6. The Kier molecular flexibility index (Phi) is 9.22. The molecule has 3 rings (SSSR count). The lowest BCUT2D eigenvalue weighted by Gasteiger charge is -2.17. The monoisotopic (exact) mass is 562 g/mol. The highest BCUT2D eigenvalue weighted by atomic mass is 79.9. The van der Waals surface area contributed by atoms with Gasteiger partial charge in [0.2, 0.25) is 5.91 Å². The van der Waals surface area contributed by atoms with Crippen LogP contribution in [0.15, 0.2) is 45.8 Å². The van der Waals surface area contributed by atoms with Gasteiger partial charge in [0.15, 0.2) is 11.5 Å². The fraction of sp³-hybridized carbons (Fsp3) is 0.320. The van der Waals surface area contributed by atoms with E-state index in [9.17, 15) is 14.4 Å². The Morgan fingerprint density at radius 3 is 2.43 bits per heavy atom. The predicted molar refractivity (Wildman–Crippen MR) is 140 cm³/mol. The van der Waals surface area contributed by atoms with Crippen LogP contribution in [0.25, 0.3) is 6.08 Å². The van der Waals surface area contributed by atoms with Crippen LogP contribution >= 0.6 is 27.7 Å². The minimum Gasteiger partial charge on any atom is -0.494 e. The number of carbonyl (C=O) groups is 3. The van der Waals surface area contributed by atoms with Crippen molar-refractivity contribution in [1.82, 2.24) is 4.90 Å². The fourth-order valence-electron chi connectivity index (χ4n) is 3.22. The third-order valence-electron chi connectivity index (χ3n) is 4.61. The van der Waals surface area contributed by atoms with Gasteiger partial charge in [-0.15, -0.1) is 0 Å². The molecule has 186 valence electrons. The van der Waals surface area contributed by atoms with Crippen LogP contribution in [-0.4, -0.2) is 47.8 Å². The van der Waals surface area contributed by atoms with Gasteiger partial charge in [0.1, 0.15) is 12.3 Å². The number of nitrogens with one attached hydrogen (secondary N) is 1. The molecule has 1 aliphatic rings. The van der Waals surface area contributed by atoms with E-state index in [1.807, 2.05) is 27.7 Å². The highest BCUT2D eigenvalue weighted by Gasteiger charge is 2.36. The van der Waals surface area contributed by atoms with E-state index >= 15 is 0 Å². The first-order valence-electron chi connectivity index (χ1n) is 11.1. The zero-order valence-electron chi connectivity index (χ0n) is 19.9. The van der Waals surface area contributed by atoms with Gasteiger partial charge in [0.05, 0.1) is 28.7 Å². The summed E-state index contributed by atoms with van der Waals surface area (Å²) in [4.78, 5) is 39.0. The summed E-state index contributed by atoms with van der Waals surface area (Å²) in [5, 5.41) is 2.18. The lowest BCUT2D eigenvalue weighted by molar-refractivity contribution is -0.127. The van der Waals surface area contributed by atoms with E-state index in [0.29, 0.717) is 46.2 Å². The molecule has 3 amide bonds. The molecule has 0 unspecified atom stereocenters. The van der Waals surface area contributed by atoms with Gasteiger partial charge in [-0.25, -0.2) is 0 Å². The number of hydrogen-bond acceptors (Lipinski definition) is 7. The Morgan fingerprint density at radius 2 is 1.80 bits per heavy atom. The Morgan fingerprint density at radius 1 is 1.11 bits per heavy atom. The molecule has 0 aliphatic carbocycles. The number of ether oxygens (including phenoxy) is 3. The van der Waals surface area contributed by atoms with Crippen LogP contribution in [0.1, 0.15) is 33.3 Å². The number of benzene rings is 2. The number of carbonyl (C=O) groups excluding carboxylic acids is 3. The lowest BCUT2D eigenvalue weighted by atomic mass is 10.1. The second-order valence-corrected chi connectivity index (χ2v) is 9.55. The molecule has 2 aromatic carbocycles. The van der Waals surface area contributed by atoms with Gasteiger partial charge in [-0.3, -0.25) is 19.3 Å². The van der Waals surface area contributed by atoms with Crippen molar-refractivity contribution in [2.45, 2.75) is 33.8 Å². The number of amides is 3. The second kappa shape index (κ2) is 12.1. The molecular formula is C25H27BrN2O6S. The Balaban J connectivity index is 1.73. The topological polar surface area (TPSA) is 94.2 Å². The van der Waals surface area contributed by atoms with E-state index in [2.05, 4.69) is 21.2 Å². The summed E-state index contributed by atoms with van der Waals surface area (Å²) < 4.78 is 17.6. The van der Waals surface area contributed by atoms with E-state index in [1.54, 1.807) is 42.5 Å². The Hall–Kier alpha value is -2.98. The Labute approximate surface area is 217 Å². The number of thioether (sulfide) groups is 1. The maximum Gasteiger partial charge on any atom is 0.294 e. The molecule has 0 atom stereocenters. The number of rotatable bonds is 10. The summed E-state index contributed by atoms with van der Waals surface area (Å²) in [6.07, 6.45) is 1.54. The first kappa shape index (κ1) is 26.6. The Bertz CT molecular complexity index is 1130. The SMILES string of the molecule is CCOc1ccc(NC(=O)CN2C(=O)S/C(=C/c3cc(Br)c(OC(C)C)c(OCC)c3)C2=O)cc1. The van der Waals surface area contributed by atoms with Crippen LogP contribution in [-0.2, 0) is 9.59 Å². The van der Waals surface area contributed by atoms with Gasteiger partial charge >= 0.3 is 0 Å². The van der Waals surface area contributed by atoms with Crippen LogP contribution in [0.4, 0.5) is 10.5 Å². The van der Waals surface area contributed by atoms with Crippen molar-refractivity contribution in [1.29, 1.82) is 0 Å². The predicted octanol–water partition coefficient (Wildman–Crippen LogP) is 5.71. The van der Waals surface area contributed by atoms with E-state index in [-0.39, 0.29) is 17.6 Å². The summed E-state index contributed by atoms with van der Waals surface area (Å²) in [6.45, 7) is 8.17. The van der Waals surface area contributed by atoms with Gasteiger partial charge in [0.25, 0.3) is 11.1 Å². The molecule has 10 heteroatoms. The molecule has 1 N–H and O–H groups in total. The molecule has 1 fully saturated rings. The zero-order chi connectivity index (χ0) is 25.5. The summed E-state index contributed by atoms with van der Waals surface area (Å²) in [6, 6.07) is 10.4. The van der Waals surface area contributed by atoms with Crippen LogP contribution in [0.2, 0.25) is 0 Å². The average molecular weight is 563 g/mol. The van der Waals surface area contributed by atoms with E-state index in [4.69, 9.17) is 14.2 Å². The van der Waals surface area contributed by atoms with Crippen molar-refractivity contribution in [3.05, 3.63) is 51.3 Å². The van der Waals surface area contributed by atoms with Crippen molar-refractivity contribution in [2.75, 3.05) is 25.1 Å². The van der Waals surface area contributed by atoms with Crippen LogP contribution in [0.5, 0.6) is 17.2 Å². The summed E-state index contributed by atoms with van der Waals surface area (Å²) in [5.74, 6) is 0.770. The molecule has 8 nitrogen and oxygen atoms in total. The minimum atomic E-state index is -0.529. The average Bonchev–Trinajstić information content (AvgIpc) is 3.05. The molecule has 0 spiro atoms. The standard InChI is InChI=1S/C25H27BrN2O6S/c1-5-32-18-9-7-17(8-10-18)27-22(29)14-28-24(30)21(35-25(28)31)13-16-11-19(26)23(34-15(3)4)20(12-16)33-6-2/h7-13,15H,5-6,14H2,1-4H3,(H,27,29)/b21-13+. The fourth-order valence-corrected chi connectivity index (χ4v) is 4.61. The number of anilines is 1. The molecular weight excluding hydrogens is 536 g/mol. The third kappa shape index (κ3) is 7.02. The molecule has 1 heterocycles. The highest BCUT2D eigenvalue weighted by molar-refractivity contribution is 9.10. The van der Waals surface area contributed by atoms with Crippen molar-refractivity contribution in [3.63, 3.8) is 0 Å². The number of nitrogens with zero attached hydrogens (tertiary/aromatic N) is 1. The van der Waals surface area contributed by atoms with E-state index < -0.39 is 17.1 Å². The van der Waals surface area contributed by atoms with Crippen LogP contribution in [0, 0.1) is 0 Å². The highest BCUT2D eigenvalue weighted by Crippen LogP contribution is 2.39. The quantitative estimate of drug-likeness (QED) is 0.370. The third-order valence-corrected chi connectivity index (χ3v) is 6.10. The van der Waals surface area contributed by atoms with Crippen LogP contribution in [0.3, 0.4) is 0 Å². The first-order chi connectivity index (χ1) is 16.7. The maximum atomic E-state index is 12.9. The lowest BCUT2D eigenvalue weighted by Crippen LogP contribution is -2.36. The van der Waals surface area contributed by atoms with Gasteiger partial charge in [-0.1, -0.05) is 0 Å². The molecule has 2 aromatic rings. The van der Waals surface area contributed by atoms with Gasteiger partial charge in [-0.2, -0.15) is 0 Å². The van der Waals surface area contributed by atoms with Crippen molar-refractivity contribution in [3.8, 4) is 17.2 Å². The smallest absolute Gasteiger partial charge is 0.294 e. The number of imide groups is 1. The largest absolute Gasteiger partial charge is 0.494 e. The molecule has 0 saturated carbocycles. The van der Waals surface area contributed by atoms with Gasteiger partial charge < -0.3 is 19.5 Å². The van der Waals surface area contributed by atoms with Crippen LogP contribution < -0.4 is 19.5 Å². The van der Waals surface area contributed by atoms with Crippen molar-refractivity contribution >= 4 is 56.5 Å². The van der Waals surface area contributed by atoms with E-state index in [1.165, 1.54) is 0 Å². The van der Waals surface area contributed by atoms with Crippen molar-refractivity contribution < 1.29 is 28.6 Å². The van der Waals surface area contributed by atoms with Crippen molar-refractivity contribution in [2.24, 2.45) is 0 Å². The zero-order valence-corrected chi connectivity index (χ0v) is 22.3. The number of halogens is 1. The molecule has 0 bridgehead atoms. The van der Waals surface area contributed by atoms with Gasteiger partial charge in [0, 0.05) is 5.69 Å². The summed E-state index contributed by atoms with van der Waals surface area (Å²) in [7, 11) is 0. The molecule has 0 radical (unpaired) electrons. The minimum absolute atomic E-state index is 0.0541. The number of hydrogen-bond donors (Lipinski definition) is 1. The van der Waals surface area contributed by atoms with Gasteiger partial charge in [-0.05, 0) is 103 Å². The first-order valence-corrected chi connectivity index (χ1v) is 12.7. The van der Waals surface area contributed by atoms with E-state index in [0.717, 1.165) is 16.7 Å². The maximum absolute atomic E-state index is 12.9. The molecule has 1 aliphatic heterocycles. The molecule has 0 aromatic heterocycles.